The van der Waals surface area contributed by atoms with Crippen molar-refractivity contribution >= 4 is 40.5 Å². The summed E-state index contributed by atoms with van der Waals surface area (Å²) in [7, 11) is 4.40. The number of thiocarbonyl (C=S) groups is 1. The Kier molecular flexibility index (Phi) is 9.83. The molecule has 0 spiro atoms. The van der Waals surface area contributed by atoms with E-state index in [-0.39, 0.29) is 17.2 Å². The summed E-state index contributed by atoms with van der Waals surface area (Å²) in [4.78, 5) is 26.0. The van der Waals surface area contributed by atoms with E-state index in [9.17, 15) is 22.8 Å². The number of rotatable bonds is 10. The normalized spacial score (nSPS) is 14.6. The third-order valence-electron chi connectivity index (χ3n) is 6.52. The van der Waals surface area contributed by atoms with E-state index in [0.717, 1.165) is 12.1 Å². The first-order valence-electron chi connectivity index (χ1n) is 13.0. The monoisotopic (exact) mass is 630 g/mol. The van der Waals surface area contributed by atoms with Crippen LogP contribution in [-0.2, 0) is 15.8 Å². The van der Waals surface area contributed by atoms with Gasteiger partial charge in [0.1, 0.15) is 11.5 Å². The molecule has 4 N–H and O–H groups in total. The molecule has 1 aliphatic rings. The van der Waals surface area contributed by atoms with Crippen LogP contribution in [0, 0.1) is 0 Å². The summed E-state index contributed by atoms with van der Waals surface area (Å²) in [5.74, 6) is 0.278. The van der Waals surface area contributed by atoms with Crippen molar-refractivity contribution in [2.24, 2.45) is 0 Å². The van der Waals surface area contributed by atoms with E-state index in [1.165, 1.54) is 33.5 Å². The molecule has 0 saturated carbocycles. The van der Waals surface area contributed by atoms with E-state index in [0.29, 0.717) is 39.1 Å². The first kappa shape index (κ1) is 31.9. The lowest BCUT2D eigenvalue weighted by Gasteiger charge is -2.31. The predicted octanol–water partition coefficient (Wildman–Crippen LogP) is 5.18. The number of methoxy groups -OCH3 is 3. The molecule has 1 heterocycles. The number of nitrogens with one attached hydrogen (secondary N) is 4. The van der Waals surface area contributed by atoms with Crippen LogP contribution in [0.2, 0.25) is 0 Å². The second kappa shape index (κ2) is 13.5. The highest BCUT2D eigenvalue weighted by molar-refractivity contribution is 7.80. The Labute approximate surface area is 256 Å². The van der Waals surface area contributed by atoms with E-state index < -0.39 is 36.2 Å². The molecule has 10 nitrogen and oxygen atoms in total. The molecule has 0 radical (unpaired) electrons. The van der Waals surface area contributed by atoms with E-state index >= 15 is 0 Å². The molecule has 2 amide bonds. The topological polar surface area (TPSA) is 119 Å². The fourth-order valence-corrected chi connectivity index (χ4v) is 4.71. The van der Waals surface area contributed by atoms with Crippen LogP contribution in [0.5, 0.6) is 23.0 Å². The molecule has 0 fully saturated rings. The van der Waals surface area contributed by atoms with Gasteiger partial charge in [0, 0.05) is 17.5 Å². The summed E-state index contributed by atoms with van der Waals surface area (Å²) in [6.07, 6.45) is -4.55. The molecule has 1 atom stereocenters. The van der Waals surface area contributed by atoms with Crippen LogP contribution in [-0.4, -0.2) is 44.9 Å². The Hall–Kier alpha value is -4.98. The second-order valence-electron chi connectivity index (χ2n) is 9.42. The van der Waals surface area contributed by atoms with Crippen LogP contribution in [0.1, 0.15) is 24.1 Å². The molecular weight excluding hydrogens is 601 g/mol. The van der Waals surface area contributed by atoms with Gasteiger partial charge in [0.25, 0.3) is 11.8 Å². The van der Waals surface area contributed by atoms with Gasteiger partial charge in [-0.25, -0.2) is 0 Å². The minimum Gasteiger partial charge on any atom is -0.497 e. The highest BCUT2D eigenvalue weighted by Crippen LogP contribution is 2.36. The van der Waals surface area contributed by atoms with Crippen LogP contribution < -0.4 is 40.2 Å². The molecule has 1 aliphatic heterocycles. The Morgan fingerprint density at radius 3 is 2.32 bits per heavy atom. The van der Waals surface area contributed by atoms with Crippen molar-refractivity contribution in [3.05, 3.63) is 83.1 Å². The smallest absolute Gasteiger partial charge is 0.416 e. The van der Waals surface area contributed by atoms with Gasteiger partial charge in [-0.1, -0.05) is 12.1 Å². The molecule has 0 aromatic heterocycles. The third kappa shape index (κ3) is 7.50. The molecule has 14 heteroatoms. The number of hydrogen-bond acceptors (Lipinski definition) is 7. The maximum absolute atomic E-state index is 13.6. The lowest BCUT2D eigenvalue weighted by molar-refractivity contribution is -0.137. The van der Waals surface area contributed by atoms with Crippen molar-refractivity contribution < 1.29 is 41.7 Å². The van der Waals surface area contributed by atoms with Gasteiger partial charge in [0.15, 0.2) is 23.2 Å². The van der Waals surface area contributed by atoms with Gasteiger partial charge >= 0.3 is 6.18 Å². The lowest BCUT2D eigenvalue weighted by Crippen LogP contribution is -2.45. The highest BCUT2D eigenvalue weighted by atomic mass is 32.1. The Morgan fingerprint density at radius 1 is 0.909 bits per heavy atom. The number of halogens is 3. The fourth-order valence-electron chi connectivity index (χ4n) is 4.44. The third-order valence-corrected chi connectivity index (χ3v) is 6.74. The van der Waals surface area contributed by atoms with E-state index in [1.54, 1.807) is 43.3 Å². The van der Waals surface area contributed by atoms with Crippen molar-refractivity contribution in [3.8, 4) is 23.0 Å². The van der Waals surface area contributed by atoms with Crippen molar-refractivity contribution in [3.63, 3.8) is 0 Å². The molecule has 44 heavy (non-hydrogen) atoms. The number of alkyl halides is 3. The molecule has 232 valence electrons. The number of benzene rings is 3. The van der Waals surface area contributed by atoms with Gasteiger partial charge < -0.3 is 40.2 Å². The number of anilines is 2. The summed E-state index contributed by atoms with van der Waals surface area (Å²) in [6.45, 7) is 1.21. The molecule has 0 bridgehead atoms. The number of carbonyl (C=O) groups excluding carboxylic acids is 2. The van der Waals surface area contributed by atoms with Gasteiger partial charge in [-0.05, 0) is 67.2 Å². The van der Waals surface area contributed by atoms with Crippen LogP contribution >= 0.6 is 12.2 Å². The molecular formula is C30H29F3N4O6S. The number of carbonyl (C=O) groups is 2. The average molecular weight is 631 g/mol. The minimum absolute atomic E-state index is 0.0248. The summed E-state index contributed by atoms with van der Waals surface area (Å²) in [6, 6.07) is 13.4. The number of amides is 2. The predicted molar refractivity (Wildman–Crippen MR) is 161 cm³/mol. The van der Waals surface area contributed by atoms with Crippen LogP contribution in [0.3, 0.4) is 0 Å². The van der Waals surface area contributed by atoms with Crippen molar-refractivity contribution in [2.75, 3.05) is 38.6 Å². The highest BCUT2D eigenvalue weighted by Gasteiger charge is 2.32. The van der Waals surface area contributed by atoms with Crippen LogP contribution in [0.4, 0.5) is 24.5 Å². The SMILES string of the molecule is COc1ccc(OC)c(NC(=O)C2=C(C)NC(=S)NC2c2ccc(OCC(=O)Nc3cccc(C(F)(F)F)c3)c(OC)c2)c1. The van der Waals surface area contributed by atoms with Gasteiger partial charge in [0.05, 0.1) is 44.2 Å². The van der Waals surface area contributed by atoms with E-state index in [1.807, 2.05) is 0 Å². The lowest BCUT2D eigenvalue weighted by atomic mass is 9.94. The summed E-state index contributed by atoms with van der Waals surface area (Å²) in [5.41, 5.74) is 0.924. The zero-order chi connectivity index (χ0) is 32.0. The number of ether oxygens (including phenoxy) is 4. The van der Waals surface area contributed by atoms with Gasteiger partial charge in [-0.15, -0.1) is 0 Å². The average Bonchev–Trinajstić information content (AvgIpc) is 2.99. The molecule has 4 rings (SSSR count). The molecule has 0 aliphatic carbocycles. The molecule has 1 unspecified atom stereocenters. The first-order valence-corrected chi connectivity index (χ1v) is 13.4. The standard InChI is InChI=1S/C30H29F3N4O6S/c1-16-26(28(39)36-21-14-20(40-2)9-11-22(21)41-3)27(37-29(44)34-16)17-8-10-23(24(12-17)42-4)43-15-25(38)35-19-7-5-6-18(13-19)30(31,32)33/h5-14,27H,15H2,1-4H3,(H,35,38)(H,36,39)(H2,34,37,44). The maximum atomic E-state index is 13.6. The van der Waals surface area contributed by atoms with Crippen molar-refractivity contribution in [2.45, 2.75) is 19.1 Å². The van der Waals surface area contributed by atoms with Crippen LogP contribution in [0.15, 0.2) is 71.9 Å². The quantitative estimate of drug-likeness (QED) is 0.225. The Morgan fingerprint density at radius 2 is 1.64 bits per heavy atom. The molecule has 3 aromatic rings. The number of allylic oxidation sites excluding steroid dienone is 1. The fraction of sp³-hybridized carbons (Fsp3) is 0.233. The summed E-state index contributed by atoms with van der Waals surface area (Å²) < 4.78 is 60.7. The van der Waals surface area contributed by atoms with Gasteiger partial charge in [0.2, 0.25) is 0 Å². The maximum Gasteiger partial charge on any atom is 0.416 e. The van der Waals surface area contributed by atoms with E-state index in [2.05, 4.69) is 21.3 Å². The first-order chi connectivity index (χ1) is 20.9. The number of hydrogen-bond donors (Lipinski definition) is 4. The Balaban J connectivity index is 1.52. The van der Waals surface area contributed by atoms with Gasteiger partial charge in [-0.2, -0.15) is 13.2 Å². The largest absolute Gasteiger partial charge is 0.497 e. The molecule has 0 saturated heterocycles. The summed E-state index contributed by atoms with van der Waals surface area (Å²) in [5, 5.41) is 11.6. The molecule has 3 aromatic carbocycles. The second-order valence-corrected chi connectivity index (χ2v) is 9.82. The Bertz CT molecular complexity index is 1610. The van der Waals surface area contributed by atoms with Crippen molar-refractivity contribution in [1.29, 1.82) is 0 Å². The van der Waals surface area contributed by atoms with E-state index in [4.69, 9.17) is 31.2 Å². The zero-order valence-corrected chi connectivity index (χ0v) is 24.9. The zero-order valence-electron chi connectivity index (χ0n) is 24.0. The van der Waals surface area contributed by atoms with Crippen LogP contribution in [0.25, 0.3) is 0 Å². The minimum atomic E-state index is -4.55. The van der Waals surface area contributed by atoms with Gasteiger partial charge in [-0.3, -0.25) is 9.59 Å². The van der Waals surface area contributed by atoms with Crippen molar-refractivity contribution in [1.82, 2.24) is 10.6 Å². The summed E-state index contributed by atoms with van der Waals surface area (Å²) >= 11 is 5.35.